The standard InChI is InChI=1S/C9H14N2O3S/c1-6-7(15-5-10-6)8(14)11-9(2,3-12)4-13/h5,12-13H,3-4H2,1-2H3,(H,11,14). The Bertz CT molecular complexity index is 347. The molecular weight excluding hydrogens is 216 g/mol. The van der Waals surface area contributed by atoms with E-state index in [1.165, 1.54) is 11.3 Å². The zero-order valence-electron chi connectivity index (χ0n) is 8.65. The number of hydrogen-bond donors (Lipinski definition) is 3. The van der Waals surface area contributed by atoms with Crippen LogP contribution < -0.4 is 5.32 Å². The fraction of sp³-hybridized carbons (Fsp3) is 0.556. The van der Waals surface area contributed by atoms with Gasteiger partial charge in [-0.3, -0.25) is 4.79 Å². The van der Waals surface area contributed by atoms with Crippen LogP contribution >= 0.6 is 11.3 Å². The summed E-state index contributed by atoms with van der Waals surface area (Å²) in [5.41, 5.74) is 1.24. The molecule has 0 saturated carbocycles. The summed E-state index contributed by atoms with van der Waals surface area (Å²) in [6.45, 7) is 2.68. The monoisotopic (exact) mass is 230 g/mol. The molecule has 0 fully saturated rings. The van der Waals surface area contributed by atoms with E-state index in [2.05, 4.69) is 10.3 Å². The average molecular weight is 230 g/mol. The lowest BCUT2D eigenvalue weighted by Gasteiger charge is -2.25. The minimum absolute atomic E-state index is 0.312. The van der Waals surface area contributed by atoms with Crippen molar-refractivity contribution in [1.29, 1.82) is 0 Å². The Balaban J connectivity index is 2.76. The van der Waals surface area contributed by atoms with Crippen LogP contribution in [0.1, 0.15) is 22.3 Å². The quantitative estimate of drug-likeness (QED) is 0.676. The molecule has 1 aromatic rings. The Morgan fingerprint density at radius 2 is 2.20 bits per heavy atom. The minimum atomic E-state index is -0.993. The Hall–Kier alpha value is -0.980. The number of aryl methyl sites for hydroxylation is 1. The molecule has 0 atom stereocenters. The molecule has 1 aromatic heterocycles. The third-order valence-corrected chi connectivity index (χ3v) is 2.99. The lowest BCUT2D eigenvalue weighted by atomic mass is 10.1. The van der Waals surface area contributed by atoms with Gasteiger partial charge in [0.25, 0.3) is 5.91 Å². The van der Waals surface area contributed by atoms with Crippen LogP contribution in [0, 0.1) is 6.92 Å². The fourth-order valence-corrected chi connectivity index (χ4v) is 1.68. The highest BCUT2D eigenvalue weighted by Gasteiger charge is 2.26. The maximum atomic E-state index is 11.7. The fourth-order valence-electron chi connectivity index (χ4n) is 0.980. The van der Waals surface area contributed by atoms with E-state index in [1.807, 2.05) is 0 Å². The number of aromatic nitrogens is 1. The van der Waals surface area contributed by atoms with Crippen molar-refractivity contribution in [2.75, 3.05) is 13.2 Å². The Morgan fingerprint density at radius 1 is 1.60 bits per heavy atom. The van der Waals surface area contributed by atoms with E-state index in [9.17, 15) is 4.79 Å². The van der Waals surface area contributed by atoms with Gasteiger partial charge in [0.2, 0.25) is 0 Å². The van der Waals surface area contributed by atoms with Gasteiger partial charge in [0.05, 0.1) is 30.0 Å². The van der Waals surface area contributed by atoms with Crippen LogP contribution in [0.2, 0.25) is 0 Å². The van der Waals surface area contributed by atoms with Crippen LogP contribution in [0.15, 0.2) is 5.51 Å². The number of amides is 1. The smallest absolute Gasteiger partial charge is 0.263 e. The number of carbonyl (C=O) groups is 1. The third-order valence-electron chi connectivity index (χ3n) is 2.07. The first kappa shape index (κ1) is 12.1. The summed E-state index contributed by atoms with van der Waals surface area (Å²) >= 11 is 1.23. The van der Waals surface area contributed by atoms with Crippen molar-refractivity contribution in [3.05, 3.63) is 16.1 Å². The molecule has 0 radical (unpaired) electrons. The van der Waals surface area contributed by atoms with Gasteiger partial charge in [0.1, 0.15) is 4.88 Å². The van der Waals surface area contributed by atoms with Crippen molar-refractivity contribution < 1.29 is 15.0 Å². The van der Waals surface area contributed by atoms with Gasteiger partial charge in [0, 0.05) is 0 Å². The molecule has 0 aliphatic carbocycles. The molecule has 6 heteroatoms. The number of aliphatic hydroxyl groups excluding tert-OH is 2. The van der Waals surface area contributed by atoms with Crippen LogP contribution in [-0.2, 0) is 0 Å². The first-order chi connectivity index (χ1) is 7.02. The number of aliphatic hydroxyl groups is 2. The van der Waals surface area contributed by atoms with E-state index in [0.29, 0.717) is 10.6 Å². The number of thiazole rings is 1. The van der Waals surface area contributed by atoms with Gasteiger partial charge in [-0.2, -0.15) is 0 Å². The van der Waals surface area contributed by atoms with E-state index in [4.69, 9.17) is 10.2 Å². The van der Waals surface area contributed by atoms with E-state index in [-0.39, 0.29) is 19.1 Å². The predicted molar refractivity (Wildman–Crippen MR) is 56.9 cm³/mol. The topological polar surface area (TPSA) is 82.5 Å². The average Bonchev–Trinajstić information content (AvgIpc) is 2.64. The van der Waals surface area contributed by atoms with Crippen molar-refractivity contribution in [3.8, 4) is 0 Å². The Morgan fingerprint density at radius 3 is 2.60 bits per heavy atom. The largest absolute Gasteiger partial charge is 0.394 e. The van der Waals surface area contributed by atoms with Crippen molar-refractivity contribution in [3.63, 3.8) is 0 Å². The zero-order chi connectivity index (χ0) is 11.5. The van der Waals surface area contributed by atoms with Crippen LogP contribution in [0.25, 0.3) is 0 Å². The molecule has 1 heterocycles. The number of nitrogens with zero attached hydrogens (tertiary/aromatic N) is 1. The number of nitrogens with one attached hydrogen (secondary N) is 1. The maximum absolute atomic E-state index is 11.7. The summed E-state index contributed by atoms with van der Waals surface area (Å²) in [6.07, 6.45) is 0. The summed E-state index contributed by atoms with van der Waals surface area (Å²) in [6, 6.07) is 0. The van der Waals surface area contributed by atoms with Crippen LogP contribution in [0.5, 0.6) is 0 Å². The zero-order valence-corrected chi connectivity index (χ0v) is 9.47. The van der Waals surface area contributed by atoms with Crippen LogP contribution in [0.3, 0.4) is 0 Å². The molecular formula is C9H14N2O3S. The number of carbonyl (C=O) groups excluding carboxylic acids is 1. The van der Waals surface area contributed by atoms with E-state index >= 15 is 0 Å². The van der Waals surface area contributed by atoms with Crippen molar-refractivity contribution >= 4 is 17.2 Å². The highest BCUT2D eigenvalue weighted by molar-refractivity contribution is 7.11. The van der Waals surface area contributed by atoms with Gasteiger partial charge < -0.3 is 15.5 Å². The molecule has 1 amide bonds. The van der Waals surface area contributed by atoms with Crippen molar-refractivity contribution in [1.82, 2.24) is 10.3 Å². The first-order valence-corrected chi connectivity index (χ1v) is 5.34. The molecule has 3 N–H and O–H groups in total. The highest BCUT2D eigenvalue weighted by Crippen LogP contribution is 2.13. The second-order valence-corrected chi connectivity index (χ2v) is 4.45. The van der Waals surface area contributed by atoms with Gasteiger partial charge in [0.15, 0.2) is 0 Å². The van der Waals surface area contributed by atoms with E-state index in [1.54, 1.807) is 19.4 Å². The Labute approximate surface area is 91.8 Å². The van der Waals surface area contributed by atoms with Gasteiger partial charge in [-0.15, -0.1) is 11.3 Å². The molecule has 0 spiro atoms. The van der Waals surface area contributed by atoms with E-state index in [0.717, 1.165) is 0 Å². The normalized spacial score (nSPS) is 11.5. The predicted octanol–water partition coefficient (Wildman–Crippen LogP) is -0.0754. The van der Waals surface area contributed by atoms with Gasteiger partial charge in [-0.1, -0.05) is 0 Å². The second kappa shape index (κ2) is 4.69. The molecule has 1 rings (SSSR count). The first-order valence-electron chi connectivity index (χ1n) is 4.47. The van der Waals surface area contributed by atoms with Gasteiger partial charge in [-0.25, -0.2) is 4.98 Å². The summed E-state index contributed by atoms with van der Waals surface area (Å²) in [5.74, 6) is -0.319. The second-order valence-electron chi connectivity index (χ2n) is 3.60. The van der Waals surface area contributed by atoms with Gasteiger partial charge >= 0.3 is 0 Å². The highest BCUT2D eigenvalue weighted by atomic mass is 32.1. The van der Waals surface area contributed by atoms with Gasteiger partial charge in [-0.05, 0) is 13.8 Å². The number of hydrogen-bond acceptors (Lipinski definition) is 5. The molecule has 0 saturated heterocycles. The molecule has 15 heavy (non-hydrogen) atoms. The Kier molecular flexibility index (Phi) is 3.78. The summed E-state index contributed by atoms with van der Waals surface area (Å²) in [5, 5.41) is 20.6. The molecule has 0 unspecified atom stereocenters. The SMILES string of the molecule is Cc1ncsc1C(=O)NC(C)(CO)CO. The van der Waals surface area contributed by atoms with Crippen molar-refractivity contribution in [2.45, 2.75) is 19.4 Å². The van der Waals surface area contributed by atoms with Crippen LogP contribution in [-0.4, -0.2) is 39.9 Å². The molecule has 5 nitrogen and oxygen atoms in total. The molecule has 0 aromatic carbocycles. The van der Waals surface area contributed by atoms with E-state index < -0.39 is 5.54 Å². The maximum Gasteiger partial charge on any atom is 0.263 e. The third kappa shape index (κ3) is 2.74. The summed E-state index contributed by atoms with van der Waals surface area (Å²) in [7, 11) is 0. The summed E-state index contributed by atoms with van der Waals surface area (Å²) in [4.78, 5) is 16.2. The van der Waals surface area contributed by atoms with Crippen LogP contribution in [0.4, 0.5) is 0 Å². The van der Waals surface area contributed by atoms with Crippen molar-refractivity contribution in [2.24, 2.45) is 0 Å². The summed E-state index contributed by atoms with van der Waals surface area (Å²) < 4.78 is 0. The lowest BCUT2D eigenvalue weighted by Crippen LogP contribution is -2.51. The number of rotatable bonds is 4. The molecule has 0 aliphatic rings. The molecule has 0 aliphatic heterocycles. The molecule has 0 bridgehead atoms. The minimum Gasteiger partial charge on any atom is -0.394 e. The molecule has 84 valence electrons. The lowest BCUT2D eigenvalue weighted by molar-refractivity contribution is 0.0726.